The summed E-state index contributed by atoms with van der Waals surface area (Å²) in [5, 5.41) is 8.67. The molecule has 0 radical (unpaired) electrons. The van der Waals surface area contributed by atoms with Gasteiger partial charge >= 0.3 is 0 Å². The topological polar surface area (TPSA) is 45.2 Å². The van der Waals surface area contributed by atoms with Gasteiger partial charge in [0.25, 0.3) is 5.91 Å². The predicted molar refractivity (Wildman–Crippen MR) is 113 cm³/mol. The van der Waals surface area contributed by atoms with Crippen LogP contribution in [0.25, 0.3) is 0 Å². The molecular weight excluding hydrogens is 409 g/mol. The molecule has 2 aromatic rings. The fraction of sp³-hybridized carbons (Fsp3) is 0.556. The van der Waals surface area contributed by atoms with Gasteiger partial charge in [-0.15, -0.1) is 36.2 Å². The maximum atomic E-state index is 13.3. The molecule has 0 bridgehead atoms. The summed E-state index contributed by atoms with van der Waals surface area (Å²) in [4.78, 5) is 20.7. The minimum absolute atomic E-state index is 0. The first kappa shape index (κ1) is 21.6. The molecule has 2 aliphatic rings. The van der Waals surface area contributed by atoms with Gasteiger partial charge < -0.3 is 10.2 Å². The van der Waals surface area contributed by atoms with E-state index in [0.29, 0.717) is 11.5 Å². The fourth-order valence-electron chi connectivity index (χ4n) is 3.99. The van der Waals surface area contributed by atoms with E-state index in [2.05, 4.69) is 32.0 Å². The second kappa shape index (κ2) is 8.57. The van der Waals surface area contributed by atoms with E-state index in [4.69, 9.17) is 0 Å². The Kier molecular flexibility index (Phi) is 7.13. The summed E-state index contributed by atoms with van der Waals surface area (Å²) in [6.07, 6.45) is 3.53. The van der Waals surface area contributed by atoms with Crippen molar-refractivity contribution in [2.24, 2.45) is 5.41 Å². The number of aromatic nitrogens is 1. The van der Waals surface area contributed by atoms with Crippen molar-refractivity contribution in [2.45, 2.75) is 45.7 Å². The van der Waals surface area contributed by atoms with Crippen LogP contribution < -0.4 is 5.32 Å². The molecule has 8 heteroatoms. The van der Waals surface area contributed by atoms with E-state index in [9.17, 15) is 4.79 Å². The van der Waals surface area contributed by atoms with Gasteiger partial charge in [0.05, 0.1) is 10.7 Å². The molecule has 4 rings (SSSR count). The number of thiazole rings is 1. The molecule has 144 valence electrons. The second-order valence-corrected chi connectivity index (χ2v) is 9.03. The Morgan fingerprint density at radius 3 is 2.65 bits per heavy atom. The monoisotopic (exact) mass is 433 g/mol. The van der Waals surface area contributed by atoms with E-state index in [1.807, 2.05) is 13.8 Å². The van der Waals surface area contributed by atoms with E-state index in [1.54, 1.807) is 11.3 Å². The van der Waals surface area contributed by atoms with E-state index in [-0.39, 0.29) is 30.7 Å². The lowest BCUT2D eigenvalue weighted by Gasteiger charge is -2.29. The van der Waals surface area contributed by atoms with Gasteiger partial charge in [-0.05, 0) is 74.0 Å². The Morgan fingerprint density at radius 2 is 2.08 bits per heavy atom. The highest BCUT2D eigenvalue weighted by Gasteiger charge is 2.58. The Bertz CT molecular complexity index is 742. The van der Waals surface area contributed by atoms with Crippen LogP contribution in [-0.4, -0.2) is 34.9 Å². The first-order chi connectivity index (χ1) is 11.6. The van der Waals surface area contributed by atoms with Crippen LogP contribution in [0.5, 0.6) is 0 Å². The number of amides is 1. The smallest absolute Gasteiger partial charge is 0.266 e. The van der Waals surface area contributed by atoms with E-state index in [0.717, 1.165) is 41.6 Å². The zero-order valence-electron chi connectivity index (χ0n) is 15.0. The van der Waals surface area contributed by atoms with E-state index in [1.165, 1.54) is 29.7 Å². The molecule has 2 aromatic heterocycles. The molecule has 1 amide bonds. The fourth-order valence-corrected chi connectivity index (χ4v) is 5.53. The number of aryl methyl sites for hydroxylation is 2. The lowest BCUT2D eigenvalue weighted by molar-refractivity contribution is 0.0696. The second-order valence-electron chi connectivity index (χ2n) is 7.04. The SMILES string of the molecule is Cc1nc(C)c(C(=O)N(Cc2ccsc2)C2CC23CCNCC3)s1.Cl.Cl. The summed E-state index contributed by atoms with van der Waals surface area (Å²) in [5.74, 6) is 0.171. The van der Waals surface area contributed by atoms with Gasteiger partial charge in [-0.25, -0.2) is 4.98 Å². The zero-order chi connectivity index (χ0) is 16.7. The minimum atomic E-state index is 0. The summed E-state index contributed by atoms with van der Waals surface area (Å²) in [5.41, 5.74) is 2.46. The molecule has 1 aliphatic carbocycles. The molecule has 4 nitrogen and oxygen atoms in total. The standard InChI is InChI=1S/C18H23N3OS2.2ClH/c1-12-16(24-13(2)20-12)17(22)21(10-14-3-8-23-11-14)15-9-18(15)4-6-19-7-5-18;;/h3,8,11,15,19H,4-7,9-10H2,1-2H3;2*1H. The Labute approximate surface area is 175 Å². The third kappa shape index (κ3) is 4.09. The number of hydrogen-bond acceptors (Lipinski definition) is 5. The van der Waals surface area contributed by atoms with Gasteiger partial charge in [-0.1, -0.05) is 0 Å². The maximum absolute atomic E-state index is 13.3. The number of thiophene rings is 1. The molecule has 1 atom stereocenters. The Balaban J connectivity index is 0.00000121. The molecule has 1 saturated carbocycles. The zero-order valence-corrected chi connectivity index (χ0v) is 18.3. The summed E-state index contributed by atoms with van der Waals surface area (Å²) in [6, 6.07) is 2.52. The van der Waals surface area contributed by atoms with Crippen LogP contribution in [0.4, 0.5) is 0 Å². The number of carbonyl (C=O) groups excluding carboxylic acids is 1. The first-order valence-corrected chi connectivity index (χ1v) is 10.3. The quantitative estimate of drug-likeness (QED) is 0.774. The molecule has 3 heterocycles. The highest BCUT2D eigenvalue weighted by Crippen LogP contribution is 2.56. The van der Waals surface area contributed by atoms with Crippen LogP contribution >= 0.6 is 47.5 Å². The third-order valence-electron chi connectivity index (χ3n) is 5.41. The van der Waals surface area contributed by atoms with Gasteiger partial charge in [0.1, 0.15) is 4.88 Å². The molecule has 1 aliphatic heterocycles. The lowest BCUT2D eigenvalue weighted by Crippen LogP contribution is -2.39. The lowest BCUT2D eigenvalue weighted by atomic mass is 9.93. The molecule has 1 unspecified atom stereocenters. The number of nitrogens with one attached hydrogen (secondary N) is 1. The van der Waals surface area contributed by atoms with Crippen LogP contribution in [0.2, 0.25) is 0 Å². The molecule has 1 N–H and O–H groups in total. The number of hydrogen-bond donors (Lipinski definition) is 1. The van der Waals surface area contributed by atoms with Gasteiger partial charge in [0.2, 0.25) is 0 Å². The van der Waals surface area contributed by atoms with E-state index < -0.39 is 0 Å². The predicted octanol–water partition coefficient (Wildman–Crippen LogP) is 4.45. The highest BCUT2D eigenvalue weighted by molar-refractivity contribution is 7.13. The summed E-state index contributed by atoms with van der Waals surface area (Å²) in [7, 11) is 0. The van der Waals surface area contributed by atoms with Crippen molar-refractivity contribution in [1.29, 1.82) is 0 Å². The number of halogens is 2. The Hall–Kier alpha value is -0.660. The van der Waals surface area contributed by atoms with Crippen LogP contribution in [0.15, 0.2) is 16.8 Å². The van der Waals surface area contributed by atoms with Gasteiger partial charge in [-0.3, -0.25) is 4.79 Å². The first-order valence-electron chi connectivity index (χ1n) is 8.56. The van der Waals surface area contributed by atoms with Crippen LogP contribution in [0.3, 0.4) is 0 Å². The molecule has 1 spiro atoms. The normalized spacial score (nSPS) is 20.2. The van der Waals surface area contributed by atoms with Crippen molar-refractivity contribution in [1.82, 2.24) is 15.2 Å². The summed E-state index contributed by atoms with van der Waals surface area (Å²) in [6.45, 7) is 6.81. The summed E-state index contributed by atoms with van der Waals surface area (Å²) >= 11 is 3.23. The maximum Gasteiger partial charge on any atom is 0.266 e. The van der Waals surface area contributed by atoms with Gasteiger partial charge in [-0.2, -0.15) is 11.3 Å². The molecular formula is C18H25Cl2N3OS2. The van der Waals surface area contributed by atoms with E-state index >= 15 is 0 Å². The van der Waals surface area contributed by atoms with Crippen molar-refractivity contribution in [2.75, 3.05) is 13.1 Å². The molecule has 1 saturated heterocycles. The molecule has 26 heavy (non-hydrogen) atoms. The van der Waals surface area contributed by atoms with Crippen molar-refractivity contribution in [3.8, 4) is 0 Å². The van der Waals surface area contributed by atoms with Crippen molar-refractivity contribution >= 4 is 53.4 Å². The van der Waals surface area contributed by atoms with Crippen molar-refractivity contribution < 1.29 is 4.79 Å². The number of carbonyl (C=O) groups is 1. The highest BCUT2D eigenvalue weighted by atomic mass is 35.5. The number of rotatable bonds is 4. The molecule has 2 fully saturated rings. The summed E-state index contributed by atoms with van der Waals surface area (Å²) < 4.78 is 0. The largest absolute Gasteiger partial charge is 0.330 e. The molecule has 0 aromatic carbocycles. The van der Waals surface area contributed by atoms with Crippen molar-refractivity contribution in [3.63, 3.8) is 0 Å². The van der Waals surface area contributed by atoms with Crippen LogP contribution in [0, 0.1) is 19.3 Å². The number of nitrogens with zero attached hydrogens (tertiary/aromatic N) is 2. The average Bonchev–Trinajstić information content (AvgIpc) is 2.92. The Morgan fingerprint density at radius 1 is 1.35 bits per heavy atom. The average molecular weight is 434 g/mol. The third-order valence-corrected chi connectivity index (χ3v) is 7.21. The van der Waals surface area contributed by atoms with Crippen LogP contribution in [-0.2, 0) is 6.54 Å². The van der Waals surface area contributed by atoms with Crippen LogP contribution in [0.1, 0.15) is 45.2 Å². The number of piperidine rings is 1. The van der Waals surface area contributed by atoms with Gasteiger partial charge in [0, 0.05) is 12.6 Å². The van der Waals surface area contributed by atoms with Crippen molar-refractivity contribution in [3.05, 3.63) is 38.0 Å². The van der Waals surface area contributed by atoms with Gasteiger partial charge in [0.15, 0.2) is 0 Å². The minimum Gasteiger partial charge on any atom is -0.330 e.